The monoisotopic (exact) mass is 509 g/mol. The quantitative estimate of drug-likeness (QED) is 0.377. The van der Waals surface area contributed by atoms with Crippen LogP contribution in [0, 0.1) is 11.7 Å². The van der Waals surface area contributed by atoms with Crippen molar-refractivity contribution in [3.8, 4) is 0 Å². The van der Waals surface area contributed by atoms with Crippen LogP contribution in [-0.4, -0.2) is 50.4 Å². The number of nitrogens with zero attached hydrogens (tertiary/aromatic N) is 2. The fourth-order valence-corrected chi connectivity index (χ4v) is 5.59. The van der Waals surface area contributed by atoms with Crippen LogP contribution < -0.4 is 5.32 Å². The third kappa shape index (κ3) is 6.89. The summed E-state index contributed by atoms with van der Waals surface area (Å²) < 4.78 is 36.8. The molecule has 1 aliphatic carbocycles. The van der Waals surface area contributed by atoms with Gasteiger partial charge >= 0.3 is 0 Å². The van der Waals surface area contributed by atoms with Crippen molar-refractivity contribution in [2.24, 2.45) is 10.9 Å². The highest BCUT2D eigenvalue weighted by atomic mass is 127. The predicted octanol–water partition coefficient (Wildman–Crippen LogP) is 3.20. The lowest BCUT2D eigenvalue weighted by Crippen LogP contribution is -2.43. The van der Waals surface area contributed by atoms with Gasteiger partial charge in [0.1, 0.15) is 5.82 Å². The number of sulfone groups is 1. The van der Waals surface area contributed by atoms with Gasteiger partial charge in [-0.3, -0.25) is 4.99 Å². The SMILES string of the molecule is CN(Cc1cccc(F)c1)C(=NCC1CCS(=O)(=O)C1)NC1CCCC1.I. The van der Waals surface area contributed by atoms with Crippen LogP contribution in [0.25, 0.3) is 0 Å². The molecule has 1 N–H and O–H groups in total. The molecule has 1 aromatic rings. The van der Waals surface area contributed by atoms with Crippen LogP contribution in [0.5, 0.6) is 0 Å². The second-order valence-corrected chi connectivity index (χ2v) is 9.77. The zero-order valence-corrected chi connectivity index (χ0v) is 18.9. The minimum atomic E-state index is -2.88. The molecule has 1 aromatic carbocycles. The summed E-state index contributed by atoms with van der Waals surface area (Å²) in [4.78, 5) is 6.72. The Bertz CT molecular complexity index is 751. The van der Waals surface area contributed by atoms with Gasteiger partial charge < -0.3 is 10.2 Å². The lowest BCUT2D eigenvalue weighted by Gasteiger charge is -2.26. The molecule has 0 spiro atoms. The van der Waals surface area contributed by atoms with E-state index in [1.54, 1.807) is 6.07 Å². The first kappa shape index (κ1) is 22.4. The number of rotatable bonds is 5. The molecule has 1 atom stereocenters. The standard InChI is InChI=1S/C19H28FN3O2S.HI/c1-23(13-15-5-4-6-17(20)11-15)19(22-18-7-2-3-8-18)21-12-16-9-10-26(24,25)14-16;/h4-6,11,16,18H,2-3,7-10,12-14H2,1H3,(H,21,22);1H. The molecule has 1 saturated heterocycles. The number of benzene rings is 1. The Hall–Kier alpha value is -0.900. The minimum absolute atomic E-state index is 0. The number of hydrogen-bond acceptors (Lipinski definition) is 3. The van der Waals surface area contributed by atoms with Crippen molar-refractivity contribution in [3.05, 3.63) is 35.6 Å². The summed E-state index contributed by atoms with van der Waals surface area (Å²) in [6.07, 6.45) is 5.39. The summed E-state index contributed by atoms with van der Waals surface area (Å²) in [5.74, 6) is 1.15. The summed E-state index contributed by atoms with van der Waals surface area (Å²) in [5.41, 5.74) is 0.886. The first-order chi connectivity index (χ1) is 12.4. The van der Waals surface area contributed by atoms with E-state index in [1.165, 1.54) is 25.0 Å². The van der Waals surface area contributed by atoms with Gasteiger partial charge in [-0.25, -0.2) is 12.8 Å². The maximum Gasteiger partial charge on any atom is 0.194 e. The second kappa shape index (κ2) is 10.0. The smallest absolute Gasteiger partial charge is 0.194 e. The van der Waals surface area contributed by atoms with Gasteiger partial charge in [-0.05, 0) is 42.9 Å². The van der Waals surface area contributed by atoms with E-state index in [0.717, 1.165) is 24.4 Å². The topological polar surface area (TPSA) is 61.8 Å². The van der Waals surface area contributed by atoms with E-state index in [4.69, 9.17) is 4.99 Å². The molecule has 27 heavy (non-hydrogen) atoms. The Kier molecular flexibility index (Phi) is 8.33. The predicted molar refractivity (Wildman–Crippen MR) is 118 cm³/mol. The average molecular weight is 509 g/mol. The molecule has 1 aliphatic heterocycles. The molecule has 0 bridgehead atoms. The Balaban J connectivity index is 0.00000261. The van der Waals surface area contributed by atoms with Gasteiger partial charge in [0, 0.05) is 26.2 Å². The summed E-state index contributed by atoms with van der Waals surface area (Å²) in [7, 11) is -0.943. The normalized spacial score (nSPS) is 22.4. The van der Waals surface area contributed by atoms with E-state index in [-0.39, 0.29) is 47.2 Å². The summed E-state index contributed by atoms with van der Waals surface area (Å²) in [5, 5.41) is 3.53. The molecule has 1 saturated carbocycles. The van der Waals surface area contributed by atoms with Crippen molar-refractivity contribution in [2.45, 2.75) is 44.7 Å². The van der Waals surface area contributed by atoms with E-state index < -0.39 is 9.84 Å². The van der Waals surface area contributed by atoms with Gasteiger partial charge in [0.15, 0.2) is 15.8 Å². The molecular formula is C19H29FIN3O2S. The number of nitrogens with one attached hydrogen (secondary N) is 1. The Morgan fingerprint density at radius 3 is 2.67 bits per heavy atom. The lowest BCUT2D eigenvalue weighted by atomic mass is 10.1. The zero-order chi connectivity index (χ0) is 18.6. The highest BCUT2D eigenvalue weighted by Crippen LogP contribution is 2.20. The van der Waals surface area contributed by atoms with Crippen LogP contribution in [0.4, 0.5) is 4.39 Å². The van der Waals surface area contributed by atoms with Crippen LogP contribution in [0.15, 0.2) is 29.3 Å². The average Bonchev–Trinajstić information content (AvgIpc) is 3.20. The van der Waals surface area contributed by atoms with Crippen molar-refractivity contribution < 1.29 is 12.8 Å². The molecule has 8 heteroatoms. The van der Waals surface area contributed by atoms with Gasteiger partial charge in [-0.1, -0.05) is 25.0 Å². The molecule has 0 amide bonds. The van der Waals surface area contributed by atoms with Crippen LogP contribution in [0.3, 0.4) is 0 Å². The van der Waals surface area contributed by atoms with E-state index in [0.29, 0.717) is 25.6 Å². The minimum Gasteiger partial charge on any atom is -0.354 e. The van der Waals surface area contributed by atoms with E-state index in [9.17, 15) is 12.8 Å². The van der Waals surface area contributed by atoms with Gasteiger partial charge in [0.05, 0.1) is 11.5 Å². The Labute approximate surface area is 178 Å². The van der Waals surface area contributed by atoms with Gasteiger partial charge in [-0.2, -0.15) is 0 Å². The van der Waals surface area contributed by atoms with Crippen LogP contribution in [0.2, 0.25) is 0 Å². The van der Waals surface area contributed by atoms with Crippen molar-refractivity contribution in [1.82, 2.24) is 10.2 Å². The molecule has 1 heterocycles. The van der Waals surface area contributed by atoms with Crippen molar-refractivity contribution in [1.29, 1.82) is 0 Å². The van der Waals surface area contributed by atoms with Crippen LogP contribution in [-0.2, 0) is 16.4 Å². The fourth-order valence-electron chi connectivity index (χ4n) is 3.74. The molecule has 5 nitrogen and oxygen atoms in total. The number of halogens is 2. The highest BCUT2D eigenvalue weighted by Gasteiger charge is 2.28. The first-order valence-electron chi connectivity index (χ1n) is 9.38. The second-order valence-electron chi connectivity index (χ2n) is 7.55. The lowest BCUT2D eigenvalue weighted by molar-refractivity contribution is 0.452. The molecule has 3 rings (SSSR count). The molecule has 2 fully saturated rings. The maximum absolute atomic E-state index is 13.5. The summed E-state index contributed by atoms with van der Waals surface area (Å²) >= 11 is 0. The summed E-state index contributed by atoms with van der Waals surface area (Å²) in [6, 6.07) is 7.00. The molecule has 0 radical (unpaired) electrons. The number of guanidine groups is 1. The van der Waals surface area contributed by atoms with Gasteiger partial charge in [0.2, 0.25) is 0 Å². The highest BCUT2D eigenvalue weighted by molar-refractivity contribution is 14.0. The van der Waals surface area contributed by atoms with E-state index in [1.807, 2.05) is 18.0 Å². The van der Waals surface area contributed by atoms with Gasteiger partial charge in [0.25, 0.3) is 0 Å². The Morgan fingerprint density at radius 1 is 1.30 bits per heavy atom. The molecular weight excluding hydrogens is 480 g/mol. The third-order valence-electron chi connectivity index (χ3n) is 5.18. The fraction of sp³-hybridized carbons (Fsp3) is 0.632. The van der Waals surface area contributed by atoms with Crippen LogP contribution in [0.1, 0.15) is 37.7 Å². The Morgan fingerprint density at radius 2 is 2.04 bits per heavy atom. The largest absolute Gasteiger partial charge is 0.354 e. The molecule has 1 unspecified atom stereocenters. The maximum atomic E-state index is 13.5. The molecule has 2 aliphatic rings. The number of hydrogen-bond donors (Lipinski definition) is 1. The molecule has 0 aromatic heterocycles. The van der Waals surface area contributed by atoms with Crippen LogP contribution >= 0.6 is 24.0 Å². The van der Waals surface area contributed by atoms with Crippen molar-refractivity contribution >= 4 is 39.8 Å². The van der Waals surface area contributed by atoms with Crippen molar-refractivity contribution in [2.75, 3.05) is 25.1 Å². The van der Waals surface area contributed by atoms with Crippen molar-refractivity contribution in [3.63, 3.8) is 0 Å². The zero-order valence-electron chi connectivity index (χ0n) is 15.7. The van der Waals surface area contributed by atoms with Gasteiger partial charge in [-0.15, -0.1) is 24.0 Å². The summed E-state index contributed by atoms with van der Waals surface area (Å²) in [6.45, 7) is 1.07. The van der Waals surface area contributed by atoms with E-state index in [2.05, 4.69) is 5.32 Å². The first-order valence-corrected chi connectivity index (χ1v) is 11.2. The third-order valence-corrected chi connectivity index (χ3v) is 7.02. The molecule has 152 valence electrons. The van der Waals surface area contributed by atoms with E-state index >= 15 is 0 Å². The number of aliphatic imine (C=N–C) groups is 1.